The van der Waals surface area contributed by atoms with Gasteiger partial charge in [-0.2, -0.15) is 5.10 Å². The summed E-state index contributed by atoms with van der Waals surface area (Å²) < 4.78 is 2.40. The molecular weight excluding hydrogens is 342 g/mol. The summed E-state index contributed by atoms with van der Waals surface area (Å²) >= 11 is 6.65. The lowest BCUT2D eigenvalue weighted by Gasteiger charge is -2.06. The second-order valence-electron chi connectivity index (χ2n) is 5.70. The number of hydrogen-bond donors (Lipinski definition) is 2. The predicted molar refractivity (Wildman–Crippen MR) is 98.6 cm³/mol. The molecule has 2 N–H and O–H groups in total. The summed E-state index contributed by atoms with van der Waals surface area (Å²) in [7, 11) is 0. The van der Waals surface area contributed by atoms with Gasteiger partial charge in [0, 0.05) is 13.0 Å². The Morgan fingerprint density at radius 3 is 3.21 bits per heavy atom. The van der Waals surface area contributed by atoms with Gasteiger partial charge in [0.15, 0.2) is 15.7 Å². The molecule has 2 aromatic heterocycles. The number of aromatic nitrogens is 4. The lowest BCUT2D eigenvalue weighted by molar-refractivity contribution is -0.116. The fourth-order valence-corrected chi connectivity index (χ4v) is 3.91. The summed E-state index contributed by atoms with van der Waals surface area (Å²) in [6, 6.07) is 0. The van der Waals surface area contributed by atoms with Crippen LogP contribution >= 0.6 is 23.6 Å². The van der Waals surface area contributed by atoms with Crippen molar-refractivity contribution in [3.8, 4) is 10.7 Å². The van der Waals surface area contributed by atoms with E-state index in [1.165, 1.54) is 11.3 Å². The Kier molecular flexibility index (Phi) is 5.06. The number of H-pyrrole nitrogens is 1. The number of carbonyl (C=O) groups is 1. The highest BCUT2D eigenvalue weighted by Crippen LogP contribution is 2.32. The second kappa shape index (κ2) is 7.23. The first kappa shape index (κ1) is 16.8. The molecule has 0 unspecified atom stereocenters. The van der Waals surface area contributed by atoms with Gasteiger partial charge in [-0.25, -0.2) is 4.98 Å². The Balaban J connectivity index is 1.78. The molecule has 0 saturated carbocycles. The summed E-state index contributed by atoms with van der Waals surface area (Å²) in [6.07, 6.45) is 8.62. The lowest BCUT2D eigenvalue weighted by Crippen LogP contribution is -2.14. The maximum absolute atomic E-state index is 12.2. The van der Waals surface area contributed by atoms with E-state index >= 15 is 0 Å². The number of anilines is 1. The molecule has 6 nitrogen and oxygen atoms in total. The molecule has 0 spiro atoms. The molecule has 24 heavy (non-hydrogen) atoms. The Morgan fingerprint density at radius 1 is 1.67 bits per heavy atom. The second-order valence-corrected chi connectivity index (χ2v) is 7.09. The number of thiazole rings is 1. The minimum Gasteiger partial charge on any atom is -0.302 e. The maximum Gasteiger partial charge on any atom is 0.226 e. The summed E-state index contributed by atoms with van der Waals surface area (Å²) in [5.74, 6) is 1.06. The largest absolute Gasteiger partial charge is 0.302 e. The van der Waals surface area contributed by atoms with Crippen molar-refractivity contribution in [2.75, 3.05) is 5.32 Å². The number of nitrogens with one attached hydrogen (secondary N) is 2. The van der Waals surface area contributed by atoms with Crippen molar-refractivity contribution in [2.45, 2.75) is 32.7 Å². The van der Waals surface area contributed by atoms with Gasteiger partial charge in [0.05, 0.1) is 10.6 Å². The van der Waals surface area contributed by atoms with Crippen LogP contribution in [0.5, 0.6) is 0 Å². The summed E-state index contributed by atoms with van der Waals surface area (Å²) in [4.78, 5) is 17.5. The number of allylic oxidation sites excluding steroid dienone is 3. The molecule has 0 aromatic carbocycles. The quantitative estimate of drug-likeness (QED) is 0.605. The van der Waals surface area contributed by atoms with Crippen LogP contribution in [0.2, 0.25) is 0 Å². The fourth-order valence-electron chi connectivity index (χ4n) is 2.72. The normalized spacial score (nSPS) is 16.5. The molecule has 0 aliphatic heterocycles. The molecule has 1 aliphatic rings. The SMILES string of the molecule is C=CCn1c(-c2sc(NC(=O)C[C@@H]3C=CCC3)nc2C)n[nH]c1=S. The number of nitrogens with zero attached hydrogens (tertiary/aromatic N) is 3. The van der Waals surface area contributed by atoms with Crippen molar-refractivity contribution in [3.63, 3.8) is 0 Å². The molecule has 1 aliphatic carbocycles. The zero-order valence-corrected chi connectivity index (χ0v) is 15.0. The zero-order chi connectivity index (χ0) is 17.1. The lowest BCUT2D eigenvalue weighted by atomic mass is 10.1. The van der Waals surface area contributed by atoms with Crippen molar-refractivity contribution in [1.82, 2.24) is 19.7 Å². The number of rotatable bonds is 6. The van der Waals surface area contributed by atoms with Crippen LogP contribution in [0.1, 0.15) is 25.0 Å². The van der Waals surface area contributed by atoms with Crippen molar-refractivity contribution < 1.29 is 4.79 Å². The monoisotopic (exact) mass is 361 g/mol. The van der Waals surface area contributed by atoms with Gasteiger partial charge in [-0.3, -0.25) is 14.5 Å². The molecule has 126 valence electrons. The number of hydrogen-bond acceptors (Lipinski definition) is 5. The molecule has 2 aromatic rings. The highest BCUT2D eigenvalue weighted by molar-refractivity contribution is 7.71. The van der Waals surface area contributed by atoms with Crippen LogP contribution in [0.3, 0.4) is 0 Å². The first-order chi connectivity index (χ1) is 11.6. The summed E-state index contributed by atoms with van der Waals surface area (Å²) in [5, 5.41) is 10.6. The van der Waals surface area contributed by atoms with E-state index in [9.17, 15) is 4.79 Å². The standard InChI is InChI=1S/C16H19N5OS2/c1-3-8-21-14(19-20-16(21)23)13-10(2)17-15(24-13)18-12(22)9-11-6-4-5-7-11/h3-4,6,11H,1,5,7-9H2,2H3,(H,20,23)(H,17,18,22)/t11-/m1/s1. The van der Waals surface area contributed by atoms with Gasteiger partial charge >= 0.3 is 0 Å². The van der Waals surface area contributed by atoms with Gasteiger partial charge in [0.1, 0.15) is 0 Å². The topological polar surface area (TPSA) is 75.6 Å². The van der Waals surface area contributed by atoms with Crippen LogP contribution in [0.15, 0.2) is 24.8 Å². The number of carbonyl (C=O) groups excluding carboxylic acids is 1. The minimum absolute atomic E-state index is 0.00296. The molecule has 8 heteroatoms. The maximum atomic E-state index is 12.2. The molecule has 3 rings (SSSR count). The van der Waals surface area contributed by atoms with E-state index in [0.29, 0.717) is 34.6 Å². The first-order valence-electron chi connectivity index (χ1n) is 7.79. The molecule has 2 heterocycles. The third kappa shape index (κ3) is 3.54. The fraction of sp³-hybridized carbons (Fsp3) is 0.375. The van der Waals surface area contributed by atoms with Crippen molar-refractivity contribution in [3.05, 3.63) is 35.3 Å². The Hall–Kier alpha value is -2.06. The van der Waals surface area contributed by atoms with Gasteiger partial charge in [0.2, 0.25) is 5.91 Å². The third-order valence-corrected chi connectivity index (χ3v) is 5.26. The number of aromatic amines is 1. The van der Waals surface area contributed by atoms with Crippen LogP contribution in [0, 0.1) is 17.6 Å². The minimum atomic E-state index is -0.00296. The van der Waals surface area contributed by atoms with E-state index < -0.39 is 0 Å². The summed E-state index contributed by atoms with van der Waals surface area (Å²) in [6.45, 7) is 6.21. The Morgan fingerprint density at radius 2 is 2.50 bits per heavy atom. The summed E-state index contributed by atoms with van der Waals surface area (Å²) in [5.41, 5.74) is 0.815. The van der Waals surface area contributed by atoms with Crippen LogP contribution in [0.25, 0.3) is 10.7 Å². The van der Waals surface area contributed by atoms with Crippen LogP contribution in [0.4, 0.5) is 5.13 Å². The van der Waals surface area contributed by atoms with Crippen molar-refractivity contribution >= 4 is 34.6 Å². The van der Waals surface area contributed by atoms with Crippen LogP contribution < -0.4 is 5.32 Å². The van der Waals surface area contributed by atoms with Gasteiger partial charge in [0.25, 0.3) is 0 Å². The first-order valence-corrected chi connectivity index (χ1v) is 9.01. The average molecular weight is 361 g/mol. The molecule has 0 bridgehead atoms. The Bertz CT molecular complexity index is 845. The number of aryl methyl sites for hydroxylation is 1. The zero-order valence-electron chi connectivity index (χ0n) is 13.4. The van der Waals surface area contributed by atoms with Gasteiger partial charge in [-0.1, -0.05) is 29.6 Å². The molecule has 1 amide bonds. The van der Waals surface area contributed by atoms with Crippen LogP contribution in [-0.4, -0.2) is 25.7 Å². The Labute approximate surface area is 149 Å². The molecule has 0 fully saturated rings. The predicted octanol–water partition coefficient (Wildman–Crippen LogP) is 3.85. The van der Waals surface area contributed by atoms with E-state index in [2.05, 4.69) is 39.2 Å². The van der Waals surface area contributed by atoms with E-state index in [1.54, 1.807) is 6.08 Å². The number of amides is 1. The van der Waals surface area contributed by atoms with E-state index in [0.717, 1.165) is 23.4 Å². The third-order valence-electron chi connectivity index (χ3n) is 3.88. The van der Waals surface area contributed by atoms with E-state index in [1.807, 2.05) is 11.5 Å². The molecular formula is C16H19N5OS2. The smallest absolute Gasteiger partial charge is 0.226 e. The molecule has 1 atom stereocenters. The van der Waals surface area contributed by atoms with E-state index in [4.69, 9.17) is 12.2 Å². The van der Waals surface area contributed by atoms with Gasteiger partial charge in [-0.15, -0.1) is 6.58 Å². The average Bonchev–Trinajstić information content (AvgIpc) is 3.23. The van der Waals surface area contributed by atoms with Crippen LogP contribution in [-0.2, 0) is 11.3 Å². The highest BCUT2D eigenvalue weighted by Gasteiger charge is 2.19. The highest BCUT2D eigenvalue weighted by atomic mass is 32.1. The van der Waals surface area contributed by atoms with Gasteiger partial charge < -0.3 is 5.32 Å². The van der Waals surface area contributed by atoms with E-state index in [-0.39, 0.29) is 5.91 Å². The molecule has 0 saturated heterocycles. The van der Waals surface area contributed by atoms with Crippen molar-refractivity contribution in [2.24, 2.45) is 5.92 Å². The van der Waals surface area contributed by atoms with Crippen molar-refractivity contribution in [1.29, 1.82) is 0 Å². The van der Waals surface area contributed by atoms with Gasteiger partial charge in [-0.05, 0) is 37.9 Å². The molecule has 0 radical (unpaired) electrons.